The molecule has 68 heavy (non-hydrogen) atoms. The van der Waals surface area contributed by atoms with Gasteiger partial charge in [-0.1, -0.05) is 269 Å². The molecule has 402 valence electrons. The zero-order valence-corrected chi connectivity index (χ0v) is 45.9. The second-order valence-corrected chi connectivity index (χ2v) is 21.0. The number of carbonyl (C=O) groups excluding carboxylic acids is 2. The van der Waals surface area contributed by atoms with Gasteiger partial charge in [0.25, 0.3) is 0 Å². The minimum atomic E-state index is -0.683. The van der Waals surface area contributed by atoms with E-state index >= 15 is 0 Å². The number of unbranched alkanes of at least 4 members (excludes halogenated alkanes) is 42. The monoisotopic (exact) mass is 958 g/mol. The number of amides is 1. The average Bonchev–Trinajstić information content (AvgIpc) is 3.34. The SMILES string of the molecule is CCCCCC/C=C\CCCCCCCC(=O)OCCCCCCCC/C=C\CCCCCC(=O)NC(CO)C(O)CCCCCCCCCCCCCCCCCCCCCCCCCCC. The summed E-state index contributed by atoms with van der Waals surface area (Å²) in [7, 11) is 0. The third kappa shape index (κ3) is 53.7. The standard InChI is InChI=1S/C62H119NO5/c1-3-5-7-9-11-13-15-17-18-19-20-21-22-23-24-25-26-27-28-31-34-38-42-46-50-54-60(65)59(58-64)63-61(66)55-51-47-43-39-35-32-29-33-37-41-45-49-53-57-68-62(67)56-52-48-44-40-36-30-16-14-12-10-8-6-4-2/h14,16,32,35,59-60,64-65H,3-13,15,17-31,33-34,36-58H2,1-2H3,(H,63,66)/b16-14-,35-32-. The molecule has 0 bridgehead atoms. The highest BCUT2D eigenvalue weighted by Gasteiger charge is 2.20. The predicted octanol–water partition coefficient (Wildman–Crippen LogP) is 19.0. The molecule has 0 saturated heterocycles. The minimum absolute atomic E-state index is 0.0210. The molecule has 0 heterocycles. The second-order valence-electron chi connectivity index (χ2n) is 21.0. The average molecular weight is 959 g/mol. The van der Waals surface area contributed by atoms with Gasteiger partial charge in [-0.3, -0.25) is 9.59 Å². The number of esters is 1. The summed E-state index contributed by atoms with van der Waals surface area (Å²) in [5.41, 5.74) is 0. The van der Waals surface area contributed by atoms with Crippen molar-refractivity contribution in [1.82, 2.24) is 5.32 Å². The van der Waals surface area contributed by atoms with Crippen LogP contribution >= 0.6 is 0 Å². The summed E-state index contributed by atoms with van der Waals surface area (Å²) in [6.45, 7) is 4.91. The molecule has 0 aliphatic rings. The lowest BCUT2D eigenvalue weighted by molar-refractivity contribution is -0.143. The Morgan fingerprint density at radius 3 is 1.07 bits per heavy atom. The van der Waals surface area contributed by atoms with E-state index in [1.54, 1.807) is 0 Å². The number of rotatable bonds is 57. The molecular weight excluding hydrogens is 839 g/mol. The van der Waals surface area contributed by atoms with Gasteiger partial charge in [0, 0.05) is 12.8 Å². The Hall–Kier alpha value is -1.66. The summed E-state index contributed by atoms with van der Waals surface area (Å²) >= 11 is 0. The third-order valence-corrected chi connectivity index (χ3v) is 14.2. The summed E-state index contributed by atoms with van der Waals surface area (Å²) in [4.78, 5) is 24.5. The first-order valence-electron chi connectivity index (χ1n) is 30.6. The minimum Gasteiger partial charge on any atom is -0.466 e. The van der Waals surface area contributed by atoms with Crippen molar-refractivity contribution in [2.24, 2.45) is 0 Å². The van der Waals surface area contributed by atoms with E-state index in [1.807, 2.05) is 0 Å². The van der Waals surface area contributed by atoms with E-state index in [-0.39, 0.29) is 18.5 Å². The van der Waals surface area contributed by atoms with E-state index in [9.17, 15) is 19.8 Å². The Bertz CT molecular complexity index is 1060. The van der Waals surface area contributed by atoms with Crippen molar-refractivity contribution in [2.45, 2.75) is 347 Å². The fourth-order valence-corrected chi connectivity index (χ4v) is 9.51. The largest absolute Gasteiger partial charge is 0.466 e. The van der Waals surface area contributed by atoms with E-state index < -0.39 is 12.1 Å². The number of aliphatic hydroxyl groups is 2. The van der Waals surface area contributed by atoms with Crippen LogP contribution in [0.25, 0.3) is 0 Å². The van der Waals surface area contributed by atoms with Gasteiger partial charge in [-0.2, -0.15) is 0 Å². The van der Waals surface area contributed by atoms with Crippen molar-refractivity contribution in [3.8, 4) is 0 Å². The summed E-state index contributed by atoms with van der Waals surface area (Å²) < 4.78 is 5.45. The lowest BCUT2D eigenvalue weighted by atomic mass is 10.0. The van der Waals surface area contributed by atoms with Gasteiger partial charge in [-0.25, -0.2) is 0 Å². The van der Waals surface area contributed by atoms with Gasteiger partial charge < -0.3 is 20.3 Å². The molecule has 0 spiro atoms. The quantitative estimate of drug-likeness (QED) is 0.0321. The smallest absolute Gasteiger partial charge is 0.305 e. The summed E-state index contributed by atoms with van der Waals surface area (Å²) in [6, 6.07) is -0.563. The molecule has 0 aromatic carbocycles. The molecule has 3 N–H and O–H groups in total. The van der Waals surface area contributed by atoms with Crippen LogP contribution in [0.1, 0.15) is 335 Å². The first kappa shape index (κ1) is 66.3. The van der Waals surface area contributed by atoms with Crippen LogP contribution in [0, 0.1) is 0 Å². The van der Waals surface area contributed by atoms with Gasteiger partial charge in [0.2, 0.25) is 5.91 Å². The number of carbonyl (C=O) groups is 2. The van der Waals surface area contributed by atoms with Crippen molar-refractivity contribution in [3.05, 3.63) is 24.3 Å². The number of aliphatic hydroxyl groups excluding tert-OH is 2. The van der Waals surface area contributed by atoms with Crippen LogP contribution < -0.4 is 5.32 Å². The second kappa shape index (κ2) is 57.9. The maximum absolute atomic E-state index is 12.5. The van der Waals surface area contributed by atoms with Gasteiger partial charge in [0.05, 0.1) is 25.4 Å². The van der Waals surface area contributed by atoms with Crippen LogP contribution in [0.2, 0.25) is 0 Å². The van der Waals surface area contributed by atoms with Gasteiger partial charge in [0.15, 0.2) is 0 Å². The number of ether oxygens (including phenoxy) is 1. The first-order chi connectivity index (χ1) is 33.5. The summed E-state index contributed by atoms with van der Waals surface area (Å²) in [6.07, 6.45) is 70.4. The Labute approximate surface area is 424 Å². The first-order valence-corrected chi connectivity index (χ1v) is 30.6. The number of nitrogens with one attached hydrogen (secondary N) is 1. The third-order valence-electron chi connectivity index (χ3n) is 14.2. The molecule has 6 heteroatoms. The molecule has 0 radical (unpaired) electrons. The molecule has 0 aromatic rings. The molecule has 2 atom stereocenters. The molecule has 0 aliphatic heterocycles. The van der Waals surface area contributed by atoms with Crippen molar-refractivity contribution < 1.29 is 24.5 Å². The van der Waals surface area contributed by atoms with Gasteiger partial charge in [-0.05, 0) is 77.0 Å². The molecule has 6 nitrogen and oxygen atoms in total. The van der Waals surface area contributed by atoms with Crippen molar-refractivity contribution >= 4 is 11.9 Å². The number of hydrogen-bond donors (Lipinski definition) is 3. The van der Waals surface area contributed by atoms with Gasteiger partial charge in [0.1, 0.15) is 0 Å². The van der Waals surface area contributed by atoms with E-state index in [1.165, 1.54) is 231 Å². The van der Waals surface area contributed by atoms with Gasteiger partial charge in [-0.15, -0.1) is 0 Å². The lowest BCUT2D eigenvalue weighted by Gasteiger charge is -2.22. The topological polar surface area (TPSA) is 95.9 Å². The highest BCUT2D eigenvalue weighted by Crippen LogP contribution is 2.18. The lowest BCUT2D eigenvalue weighted by Crippen LogP contribution is -2.45. The van der Waals surface area contributed by atoms with Crippen LogP contribution in [0.3, 0.4) is 0 Å². The van der Waals surface area contributed by atoms with Crippen LogP contribution in [0.15, 0.2) is 24.3 Å². The molecule has 0 saturated carbocycles. The van der Waals surface area contributed by atoms with E-state index in [2.05, 4.69) is 43.5 Å². The van der Waals surface area contributed by atoms with Crippen LogP contribution in [-0.4, -0.2) is 47.4 Å². The van der Waals surface area contributed by atoms with Crippen LogP contribution in [-0.2, 0) is 14.3 Å². The maximum Gasteiger partial charge on any atom is 0.305 e. The molecule has 0 aromatic heterocycles. The maximum atomic E-state index is 12.5. The Balaban J connectivity index is 3.48. The zero-order valence-electron chi connectivity index (χ0n) is 45.9. The summed E-state index contributed by atoms with van der Waals surface area (Å²) in [5, 5.41) is 23.4. The highest BCUT2D eigenvalue weighted by molar-refractivity contribution is 5.76. The van der Waals surface area contributed by atoms with E-state index in [4.69, 9.17) is 4.74 Å². The molecule has 0 fully saturated rings. The normalized spacial score (nSPS) is 12.7. The zero-order chi connectivity index (χ0) is 49.3. The van der Waals surface area contributed by atoms with Gasteiger partial charge >= 0.3 is 5.97 Å². The Morgan fingerprint density at radius 1 is 0.397 bits per heavy atom. The van der Waals surface area contributed by atoms with E-state index in [0.29, 0.717) is 25.9 Å². The number of allylic oxidation sites excluding steroid dienone is 4. The van der Waals surface area contributed by atoms with Crippen molar-refractivity contribution in [2.75, 3.05) is 13.2 Å². The van der Waals surface area contributed by atoms with Crippen LogP contribution in [0.4, 0.5) is 0 Å². The van der Waals surface area contributed by atoms with Crippen molar-refractivity contribution in [1.29, 1.82) is 0 Å². The number of hydrogen-bond acceptors (Lipinski definition) is 5. The van der Waals surface area contributed by atoms with Crippen LogP contribution in [0.5, 0.6) is 0 Å². The highest BCUT2D eigenvalue weighted by atomic mass is 16.5. The molecule has 0 aliphatic carbocycles. The molecule has 2 unspecified atom stereocenters. The predicted molar refractivity (Wildman–Crippen MR) is 296 cm³/mol. The molecule has 1 amide bonds. The van der Waals surface area contributed by atoms with Crippen molar-refractivity contribution in [3.63, 3.8) is 0 Å². The fraction of sp³-hybridized carbons (Fsp3) is 0.903. The molecular formula is C62H119NO5. The Morgan fingerprint density at radius 2 is 0.691 bits per heavy atom. The Kier molecular flexibility index (Phi) is 56.5. The summed E-state index contributed by atoms with van der Waals surface area (Å²) in [5.74, 6) is -0.0829. The fourth-order valence-electron chi connectivity index (χ4n) is 9.51. The van der Waals surface area contributed by atoms with E-state index in [0.717, 1.165) is 70.6 Å². The molecule has 0 rings (SSSR count).